The maximum absolute atomic E-state index is 6.81. The van der Waals surface area contributed by atoms with Crippen molar-refractivity contribution in [2.45, 2.75) is 147 Å². The summed E-state index contributed by atoms with van der Waals surface area (Å²) in [5.41, 5.74) is 11.4. The van der Waals surface area contributed by atoms with Crippen LogP contribution in [0.4, 0.5) is 0 Å². The van der Waals surface area contributed by atoms with Crippen molar-refractivity contribution in [1.29, 1.82) is 0 Å². The molecule has 0 saturated carbocycles. The first kappa shape index (κ1) is 44.3. The first-order valence-corrected chi connectivity index (χ1v) is 20.8. The molecule has 0 amide bonds. The number of aryl methyl sites for hydroxylation is 4. The van der Waals surface area contributed by atoms with E-state index in [1.165, 1.54) is 0 Å². The highest BCUT2D eigenvalue weighted by molar-refractivity contribution is 7.32. The summed E-state index contributed by atoms with van der Waals surface area (Å²) in [6.07, 6.45) is 0. The molecule has 6 aromatic rings. The van der Waals surface area contributed by atoms with Crippen LogP contribution in [-0.2, 0) is 21.7 Å². The van der Waals surface area contributed by atoms with E-state index in [0.29, 0.717) is 0 Å². The highest BCUT2D eigenvalue weighted by atomic mass is 31.1. The third-order valence-corrected chi connectivity index (χ3v) is 11.7. The van der Waals surface area contributed by atoms with Gasteiger partial charge >= 0.3 is 16.5 Å². The minimum absolute atomic E-state index is 0. The van der Waals surface area contributed by atoms with E-state index in [1.54, 1.807) is 0 Å². The molecule has 0 bridgehead atoms. The van der Waals surface area contributed by atoms with Gasteiger partial charge in [0.05, 0.1) is 0 Å². The fraction of sp³-hybridized carbons (Fsp3) is 0.489. The van der Waals surface area contributed by atoms with Gasteiger partial charge in [0, 0.05) is 43.8 Å². The molecular formula is C47H66O6P2. The van der Waals surface area contributed by atoms with Gasteiger partial charge in [-0.25, -0.2) is 9.05 Å². The van der Waals surface area contributed by atoms with Crippen molar-refractivity contribution in [2.75, 3.05) is 6.79 Å². The number of benzene rings is 4. The van der Waals surface area contributed by atoms with Crippen LogP contribution in [0.15, 0.2) is 65.3 Å². The Labute approximate surface area is 332 Å². The van der Waals surface area contributed by atoms with Gasteiger partial charge in [0.1, 0.15) is 22.3 Å². The Morgan fingerprint density at radius 2 is 0.582 bits per heavy atom. The first-order chi connectivity index (χ1) is 24.4. The predicted molar refractivity (Wildman–Crippen MR) is 238 cm³/mol. The minimum atomic E-state index is -1.94. The van der Waals surface area contributed by atoms with E-state index < -0.39 is 16.5 Å². The van der Waals surface area contributed by atoms with Crippen molar-refractivity contribution in [3.8, 4) is 0 Å². The van der Waals surface area contributed by atoms with Crippen LogP contribution < -0.4 is 9.05 Å². The van der Waals surface area contributed by atoms with E-state index in [2.05, 4.69) is 159 Å². The van der Waals surface area contributed by atoms with Crippen LogP contribution in [0.2, 0.25) is 0 Å². The first-order valence-electron chi connectivity index (χ1n) is 18.6. The smallest absolute Gasteiger partial charge is 0.389 e. The third kappa shape index (κ3) is 9.10. The zero-order chi connectivity index (χ0) is 39.0. The standard InChI is InChI=1S/C45H58O6P2.2CH4/c1-26-17-30-31-18-27(2)22-35(43(8,9)10)39(31)49-52(48-38(30)34(21-26)42(5,6)7)46-25-47-53-50-40-32(19-28(3)23-36(40)44(11,12)13)33-20-29(4)24-37(41(33)51-53)45(14,15)16;;/h17-24H,25H2,1-16H3;2*1H4. The van der Waals surface area contributed by atoms with Gasteiger partial charge in [0.25, 0.3) is 0 Å². The summed E-state index contributed by atoms with van der Waals surface area (Å²) in [4.78, 5) is 0. The lowest BCUT2D eigenvalue weighted by atomic mass is 9.83. The summed E-state index contributed by atoms with van der Waals surface area (Å²) >= 11 is 0. The summed E-state index contributed by atoms with van der Waals surface area (Å²) in [5, 5.41) is 4.04. The summed E-state index contributed by atoms with van der Waals surface area (Å²) < 4.78 is 40.2. The van der Waals surface area contributed by atoms with Crippen LogP contribution in [0.5, 0.6) is 0 Å². The van der Waals surface area contributed by atoms with E-state index in [1.807, 2.05) is 0 Å². The van der Waals surface area contributed by atoms with Crippen molar-refractivity contribution >= 4 is 60.4 Å². The molecule has 0 unspecified atom stereocenters. The molecule has 0 spiro atoms. The maximum Gasteiger partial charge on any atom is 0.389 e. The number of hydrogen-bond donors (Lipinski definition) is 0. The van der Waals surface area contributed by atoms with E-state index in [-0.39, 0.29) is 43.3 Å². The Kier molecular flexibility index (Phi) is 12.5. The molecule has 8 heteroatoms. The van der Waals surface area contributed by atoms with E-state index in [9.17, 15) is 0 Å². The monoisotopic (exact) mass is 788 g/mol. The van der Waals surface area contributed by atoms with Gasteiger partial charge in [0.15, 0.2) is 6.79 Å². The molecule has 0 atom stereocenters. The summed E-state index contributed by atoms with van der Waals surface area (Å²) in [7, 11) is -3.88. The maximum atomic E-state index is 6.81. The molecule has 0 aliphatic carbocycles. The molecule has 0 N–H and O–H groups in total. The third-order valence-electron chi connectivity index (χ3n) is 9.72. The van der Waals surface area contributed by atoms with Crippen molar-refractivity contribution < 1.29 is 25.8 Å². The second-order valence-electron chi connectivity index (χ2n) is 18.9. The van der Waals surface area contributed by atoms with Gasteiger partial charge in [-0.3, -0.25) is 0 Å². The SMILES string of the molecule is C.C.Cc1cc(C(C)(C)C)c2op(OCOp3oc4c(C(C)(C)C)cc(C)cc4c4cc(C)cc(C(C)(C)C)c4o3)oc3c(C(C)(C)C)cc(C)cc3c2c1. The van der Waals surface area contributed by atoms with E-state index >= 15 is 0 Å². The van der Waals surface area contributed by atoms with Gasteiger partial charge in [-0.05, 0) is 95.9 Å². The molecule has 0 aliphatic rings. The van der Waals surface area contributed by atoms with Crippen LogP contribution in [0, 0.1) is 27.7 Å². The van der Waals surface area contributed by atoms with E-state index in [0.717, 1.165) is 88.4 Å². The molecule has 2 heterocycles. The Hall–Kier alpha value is -3.40. The largest absolute Gasteiger partial charge is 0.399 e. The lowest BCUT2D eigenvalue weighted by Gasteiger charge is -2.21. The topological polar surface area (TPSA) is 71.0 Å². The molecule has 0 saturated heterocycles. The molecule has 55 heavy (non-hydrogen) atoms. The van der Waals surface area contributed by atoms with Crippen LogP contribution in [0.25, 0.3) is 43.9 Å². The predicted octanol–water partition coefficient (Wildman–Crippen LogP) is 16.1. The normalized spacial score (nSPS) is 12.7. The van der Waals surface area contributed by atoms with Gasteiger partial charge in [-0.1, -0.05) is 122 Å². The molecule has 0 aliphatic heterocycles. The summed E-state index contributed by atoms with van der Waals surface area (Å²) in [6.45, 7) is 34.9. The van der Waals surface area contributed by atoms with Gasteiger partial charge < -0.3 is 16.8 Å². The Bertz CT molecular complexity index is 2120. The molecule has 6 rings (SSSR count). The second-order valence-corrected chi connectivity index (χ2v) is 21.1. The number of hydrogen-bond acceptors (Lipinski definition) is 6. The fourth-order valence-corrected chi connectivity index (χ4v) is 9.09. The molecule has 6 nitrogen and oxygen atoms in total. The lowest BCUT2D eigenvalue weighted by molar-refractivity contribution is 0.195. The van der Waals surface area contributed by atoms with Crippen LogP contribution in [-0.4, -0.2) is 6.79 Å². The number of fused-ring (bicyclic) bond motifs is 6. The van der Waals surface area contributed by atoms with Crippen LogP contribution in [0.3, 0.4) is 0 Å². The quantitative estimate of drug-likeness (QED) is 0.166. The Balaban J connectivity index is 0.00000336. The highest BCUT2D eigenvalue weighted by Gasteiger charge is 2.27. The van der Waals surface area contributed by atoms with Crippen LogP contribution >= 0.6 is 16.5 Å². The molecule has 2 aromatic heterocycles. The van der Waals surface area contributed by atoms with Crippen molar-refractivity contribution in [3.05, 3.63) is 93.0 Å². The summed E-state index contributed by atoms with van der Waals surface area (Å²) in [5.74, 6) is 0. The molecule has 0 radical (unpaired) electrons. The van der Waals surface area contributed by atoms with E-state index in [4.69, 9.17) is 25.8 Å². The van der Waals surface area contributed by atoms with Gasteiger partial charge in [0.2, 0.25) is 0 Å². The lowest BCUT2D eigenvalue weighted by Crippen LogP contribution is -2.12. The van der Waals surface area contributed by atoms with Gasteiger partial charge in [-0.2, -0.15) is 0 Å². The number of rotatable bonds is 4. The Morgan fingerprint density at radius 3 is 0.764 bits per heavy atom. The molecule has 0 fully saturated rings. The molecular weight excluding hydrogens is 722 g/mol. The zero-order valence-electron chi connectivity index (χ0n) is 34.7. The second kappa shape index (κ2) is 15.5. The minimum Gasteiger partial charge on any atom is -0.399 e. The highest BCUT2D eigenvalue weighted by Crippen LogP contribution is 2.45. The zero-order valence-corrected chi connectivity index (χ0v) is 36.5. The molecule has 300 valence electrons. The average molecular weight is 789 g/mol. The van der Waals surface area contributed by atoms with Crippen LogP contribution in [0.1, 0.15) is 142 Å². The summed E-state index contributed by atoms with van der Waals surface area (Å²) in [6, 6.07) is 17.6. The van der Waals surface area contributed by atoms with Crippen molar-refractivity contribution in [1.82, 2.24) is 0 Å². The van der Waals surface area contributed by atoms with Gasteiger partial charge in [-0.15, -0.1) is 0 Å². The average Bonchev–Trinajstić information content (AvgIpc) is 3.25. The van der Waals surface area contributed by atoms with Crippen molar-refractivity contribution in [2.24, 2.45) is 0 Å². The van der Waals surface area contributed by atoms with Crippen molar-refractivity contribution in [3.63, 3.8) is 0 Å². The fourth-order valence-electron chi connectivity index (χ4n) is 7.07. The molecule has 4 aromatic carbocycles. The Morgan fingerprint density at radius 1 is 0.382 bits per heavy atom.